The van der Waals surface area contributed by atoms with Crippen LogP contribution in [0.15, 0.2) is 48.6 Å². The first-order valence-corrected chi connectivity index (χ1v) is 28.3. The van der Waals surface area contributed by atoms with Gasteiger partial charge >= 0.3 is 0 Å². The number of rotatable bonds is 48. The molecule has 0 aromatic heterocycles. The highest BCUT2D eigenvalue weighted by molar-refractivity contribution is 5.76. The Balaban J connectivity index is 2.18. The largest absolute Gasteiger partial charge is 0.394 e. The van der Waals surface area contributed by atoms with Crippen LogP contribution < -0.4 is 5.32 Å². The molecule has 6 N–H and O–H groups in total. The van der Waals surface area contributed by atoms with Crippen LogP contribution in [-0.2, 0) is 14.3 Å². The highest BCUT2D eigenvalue weighted by Crippen LogP contribution is 2.23. The lowest BCUT2D eigenvalue weighted by Gasteiger charge is -2.40. The maximum atomic E-state index is 13.0. The lowest BCUT2D eigenvalue weighted by atomic mass is 9.99. The molecule has 9 nitrogen and oxygen atoms in total. The molecular formula is C58H107NO8. The maximum Gasteiger partial charge on any atom is 0.220 e. The molecule has 7 atom stereocenters. The Labute approximate surface area is 412 Å². The van der Waals surface area contributed by atoms with E-state index >= 15 is 0 Å². The molecule has 1 saturated heterocycles. The zero-order chi connectivity index (χ0) is 48.7. The molecule has 67 heavy (non-hydrogen) atoms. The lowest BCUT2D eigenvalue weighted by Crippen LogP contribution is -2.60. The van der Waals surface area contributed by atoms with Gasteiger partial charge in [-0.15, -0.1) is 0 Å². The summed E-state index contributed by atoms with van der Waals surface area (Å²) in [6, 6.07) is -0.743. The number of nitrogens with one attached hydrogen (secondary N) is 1. The number of carbonyl (C=O) groups is 1. The molecule has 0 radical (unpaired) electrons. The second-order valence-electron chi connectivity index (χ2n) is 19.7. The smallest absolute Gasteiger partial charge is 0.220 e. The Kier molecular flexibility index (Phi) is 45.1. The molecule has 0 bridgehead atoms. The third-order valence-corrected chi connectivity index (χ3v) is 13.4. The number of carbonyl (C=O) groups excluding carboxylic acids is 1. The van der Waals surface area contributed by atoms with Crippen molar-refractivity contribution in [2.45, 2.75) is 301 Å². The Hall–Kier alpha value is -1.85. The minimum absolute atomic E-state index is 0.156. The van der Waals surface area contributed by atoms with Gasteiger partial charge in [-0.3, -0.25) is 4.79 Å². The first-order chi connectivity index (χ1) is 32.8. The summed E-state index contributed by atoms with van der Waals surface area (Å²) >= 11 is 0. The van der Waals surface area contributed by atoms with E-state index in [1.807, 2.05) is 0 Å². The monoisotopic (exact) mass is 946 g/mol. The fourth-order valence-corrected chi connectivity index (χ4v) is 8.98. The van der Waals surface area contributed by atoms with E-state index in [9.17, 15) is 30.3 Å². The molecular weight excluding hydrogens is 839 g/mol. The number of ether oxygens (including phenoxy) is 2. The quantitative estimate of drug-likeness (QED) is 0.0261. The third-order valence-electron chi connectivity index (χ3n) is 13.4. The lowest BCUT2D eigenvalue weighted by molar-refractivity contribution is -0.302. The van der Waals surface area contributed by atoms with Crippen molar-refractivity contribution in [2.24, 2.45) is 0 Å². The molecule has 9 heteroatoms. The van der Waals surface area contributed by atoms with Crippen LogP contribution in [0.25, 0.3) is 0 Å². The standard InChI is InChI=1S/C58H107NO8/c1-3-5-7-9-11-13-15-17-19-20-21-22-23-24-25-26-27-28-29-30-31-32-34-35-37-39-41-43-45-47-52(61)51(50-66-58-57(65)56(64)55(63)53(49-60)67-58)59-54(62)48-46-44-42-40-38-36-33-18-16-14-12-10-8-6-4-2/h6,8,12,14,18,33,38,40,51-53,55-58,60-61,63-65H,3-5,7,9-11,13,15-17,19-32,34-37,39,41-50H2,1-2H3,(H,59,62)/b8-6-,14-12-,33-18-,40-38-. The van der Waals surface area contributed by atoms with Gasteiger partial charge in [0.15, 0.2) is 6.29 Å². The van der Waals surface area contributed by atoms with Crippen molar-refractivity contribution in [3.63, 3.8) is 0 Å². The van der Waals surface area contributed by atoms with Crippen molar-refractivity contribution < 1.29 is 39.8 Å². The van der Waals surface area contributed by atoms with Crippen LogP contribution in [0.4, 0.5) is 0 Å². The van der Waals surface area contributed by atoms with E-state index in [0.717, 1.165) is 57.8 Å². The van der Waals surface area contributed by atoms with Crippen molar-refractivity contribution in [1.82, 2.24) is 5.32 Å². The van der Waals surface area contributed by atoms with Crippen LogP contribution in [0.1, 0.15) is 258 Å². The maximum absolute atomic E-state index is 13.0. The highest BCUT2D eigenvalue weighted by Gasteiger charge is 2.44. The number of hydrogen-bond donors (Lipinski definition) is 6. The van der Waals surface area contributed by atoms with Gasteiger partial charge in [-0.2, -0.15) is 0 Å². The Morgan fingerprint density at radius 3 is 1.34 bits per heavy atom. The Bertz CT molecular complexity index is 1190. The van der Waals surface area contributed by atoms with E-state index in [1.165, 1.54) is 167 Å². The number of unbranched alkanes of at least 4 members (excludes halogenated alkanes) is 30. The van der Waals surface area contributed by atoms with Crippen LogP contribution >= 0.6 is 0 Å². The second-order valence-corrected chi connectivity index (χ2v) is 19.7. The van der Waals surface area contributed by atoms with E-state index in [0.29, 0.717) is 19.3 Å². The molecule has 1 fully saturated rings. The van der Waals surface area contributed by atoms with Crippen molar-refractivity contribution >= 4 is 5.91 Å². The topological polar surface area (TPSA) is 149 Å². The summed E-state index contributed by atoms with van der Waals surface area (Å²) in [4.78, 5) is 13.0. The number of aliphatic hydroxyl groups is 5. The van der Waals surface area contributed by atoms with Gasteiger partial charge in [0.1, 0.15) is 24.4 Å². The van der Waals surface area contributed by atoms with Crippen LogP contribution in [0.3, 0.4) is 0 Å². The Morgan fingerprint density at radius 1 is 0.522 bits per heavy atom. The first-order valence-electron chi connectivity index (χ1n) is 28.3. The molecule has 1 aliphatic rings. The normalized spacial score (nSPS) is 20.0. The minimum atomic E-state index is -1.56. The summed E-state index contributed by atoms with van der Waals surface area (Å²) in [7, 11) is 0. The van der Waals surface area contributed by atoms with E-state index < -0.39 is 49.5 Å². The minimum Gasteiger partial charge on any atom is -0.394 e. The zero-order valence-corrected chi connectivity index (χ0v) is 43.4. The van der Waals surface area contributed by atoms with E-state index in [-0.39, 0.29) is 12.5 Å². The molecule has 1 heterocycles. The van der Waals surface area contributed by atoms with Gasteiger partial charge in [-0.1, -0.05) is 249 Å². The summed E-state index contributed by atoms with van der Waals surface area (Å²) in [6.45, 7) is 3.71. The van der Waals surface area contributed by atoms with Crippen LogP contribution in [0, 0.1) is 0 Å². The average molecular weight is 946 g/mol. The fraction of sp³-hybridized carbons (Fsp3) is 0.845. The summed E-state index contributed by atoms with van der Waals surface area (Å²) < 4.78 is 11.3. The average Bonchev–Trinajstić information content (AvgIpc) is 3.33. The van der Waals surface area contributed by atoms with Gasteiger partial charge in [-0.05, 0) is 51.4 Å². The van der Waals surface area contributed by atoms with Gasteiger partial charge < -0.3 is 40.3 Å². The fourth-order valence-electron chi connectivity index (χ4n) is 8.98. The number of hydrogen-bond acceptors (Lipinski definition) is 8. The van der Waals surface area contributed by atoms with Gasteiger partial charge in [0.25, 0.3) is 0 Å². The molecule has 0 aliphatic carbocycles. The number of aliphatic hydroxyl groups excluding tert-OH is 5. The summed E-state index contributed by atoms with van der Waals surface area (Å²) in [5.74, 6) is -0.183. The number of amides is 1. The predicted octanol–water partition coefficient (Wildman–Crippen LogP) is 13.7. The Morgan fingerprint density at radius 2 is 0.925 bits per heavy atom. The molecule has 1 rings (SSSR count). The van der Waals surface area contributed by atoms with Crippen molar-refractivity contribution in [3.8, 4) is 0 Å². The molecule has 0 spiro atoms. The van der Waals surface area contributed by atoms with Crippen molar-refractivity contribution in [2.75, 3.05) is 13.2 Å². The van der Waals surface area contributed by atoms with Crippen molar-refractivity contribution in [1.29, 1.82) is 0 Å². The van der Waals surface area contributed by atoms with Gasteiger partial charge in [-0.25, -0.2) is 0 Å². The molecule has 1 amide bonds. The third kappa shape index (κ3) is 37.6. The van der Waals surface area contributed by atoms with Crippen LogP contribution in [-0.4, -0.2) is 87.5 Å². The molecule has 7 unspecified atom stereocenters. The first kappa shape index (κ1) is 63.2. The summed E-state index contributed by atoms with van der Waals surface area (Å²) in [5, 5.41) is 54.6. The van der Waals surface area contributed by atoms with Crippen LogP contribution in [0.2, 0.25) is 0 Å². The SMILES string of the molecule is CC/C=C\C/C=C\C/C=C\C/C=C\CCCCC(=O)NC(COC1OC(CO)C(O)C(O)C1O)C(O)CCCCCCCCCCCCCCCCCCCCCCCCCCCCCCC. The molecule has 0 saturated carbocycles. The van der Waals surface area contributed by atoms with E-state index in [2.05, 4.69) is 67.8 Å². The van der Waals surface area contributed by atoms with E-state index in [4.69, 9.17) is 9.47 Å². The highest BCUT2D eigenvalue weighted by atomic mass is 16.7. The zero-order valence-electron chi connectivity index (χ0n) is 43.4. The van der Waals surface area contributed by atoms with Gasteiger partial charge in [0.05, 0.1) is 25.4 Å². The molecule has 0 aromatic carbocycles. The van der Waals surface area contributed by atoms with E-state index in [1.54, 1.807) is 0 Å². The molecule has 1 aliphatic heterocycles. The summed E-state index contributed by atoms with van der Waals surface area (Å²) in [6.07, 6.45) is 55.9. The molecule has 0 aromatic rings. The second kappa shape index (κ2) is 47.8. The predicted molar refractivity (Wildman–Crippen MR) is 281 cm³/mol. The van der Waals surface area contributed by atoms with Crippen molar-refractivity contribution in [3.05, 3.63) is 48.6 Å². The van der Waals surface area contributed by atoms with Gasteiger partial charge in [0, 0.05) is 6.42 Å². The van der Waals surface area contributed by atoms with Crippen LogP contribution in [0.5, 0.6) is 0 Å². The van der Waals surface area contributed by atoms with Gasteiger partial charge in [0.2, 0.25) is 5.91 Å². The molecule has 392 valence electrons. The number of allylic oxidation sites excluding steroid dienone is 8. The summed E-state index contributed by atoms with van der Waals surface area (Å²) in [5.41, 5.74) is 0.